The molecule has 4 heteroatoms. The molecular weight excluding hydrogens is 791 g/mol. The van der Waals surface area contributed by atoms with Crippen molar-refractivity contribution in [2.45, 2.75) is 118 Å². The van der Waals surface area contributed by atoms with Gasteiger partial charge in [-0.15, -0.1) is 9.13 Å². The molecule has 8 aromatic rings. The van der Waals surface area contributed by atoms with Crippen LogP contribution in [0.3, 0.4) is 0 Å². The summed E-state index contributed by atoms with van der Waals surface area (Å²) in [4.78, 5) is 0. The lowest BCUT2D eigenvalue weighted by Crippen LogP contribution is -2.78. The number of rotatable bonds is 6. The van der Waals surface area contributed by atoms with Gasteiger partial charge in [0.05, 0.1) is 13.8 Å². The Morgan fingerprint density at radius 1 is 0.662 bits per heavy atom. The van der Waals surface area contributed by atoms with E-state index in [-0.39, 0.29) is 69.6 Å². The maximum atomic E-state index is 10.4. The van der Waals surface area contributed by atoms with Crippen LogP contribution in [-0.4, -0.2) is 4.57 Å². The normalized spacial score (nSPS) is 18.2. The standard InChI is InChI=1S/C61H63N3O/c1-36(2)42-30-46(37(3)4)56-50(31-42)57-63(51-27-26-43(60(12,13)59(9,10)11)33-47(51)40-18-15-14-16-19-40)52-21-17-20-45-48-34-44(58(6,7)8)35-49-53-32-41(39-24-22-38(5)23-25-39)28-29-62(53)61(65-56,54(48)49)64(57)55(45)52/h14-37H,1-13H3/q+2/i22D,23D,24D,25D,28D,29D,32D,36D,37D. The zero-order chi connectivity index (χ0) is 53.6. The van der Waals surface area contributed by atoms with Crippen molar-refractivity contribution in [2.75, 3.05) is 0 Å². The summed E-state index contributed by atoms with van der Waals surface area (Å²) in [6.07, 6.45) is -0.362. The van der Waals surface area contributed by atoms with Crippen LogP contribution in [0.25, 0.3) is 72.7 Å². The number of imidazole rings is 1. The lowest BCUT2D eigenvalue weighted by atomic mass is 9.65. The van der Waals surface area contributed by atoms with Gasteiger partial charge in [0.1, 0.15) is 18.2 Å². The molecule has 0 saturated carbocycles. The van der Waals surface area contributed by atoms with Gasteiger partial charge in [-0.25, -0.2) is 0 Å². The van der Waals surface area contributed by atoms with E-state index in [1.54, 1.807) is 18.4 Å². The molecule has 326 valence electrons. The number of aromatic nitrogens is 3. The molecule has 4 nitrogen and oxygen atoms in total. The Balaban J connectivity index is 1.40. The minimum Gasteiger partial charge on any atom is -0.392 e. The molecule has 6 aromatic carbocycles. The number of benzene rings is 6. The number of para-hydroxylation sites is 1. The molecule has 5 heterocycles. The van der Waals surface area contributed by atoms with E-state index in [4.69, 9.17) is 7.48 Å². The van der Waals surface area contributed by atoms with E-state index in [0.29, 0.717) is 39.4 Å². The second-order valence-corrected chi connectivity index (χ2v) is 21.4. The lowest BCUT2D eigenvalue weighted by Gasteiger charge is -2.39. The van der Waals surface area contributed by atoms with Crippen LogP contribution in [0.2, 0.25) is 0 Å². The first kappa shape index (κ1) is 32.4. The van der Waals surface area contributed by atoms with Gasteiger partial charge in [0.15, 0.2) is 23.0 Å². The third-order valence-corrected chi connectivity index (χ3v) is 14.8. The molecule has 0 N–H and O–H groups in total. The Morgan fingerprint density at radius 3 is 2.05 bits per heavy atom. The van der Waals surface area contributed by atoms with Crippen molar-refractivity contribution in [3.05, 3.63) is 167 Å². The molecule has 0 radical (unpaired) electrons. The van der Waals surface area contributed by atoms with Crippen molar-refractivity contribution < 1.29 is 26.2 Å². The average Bonchev–Trinajstić information content (AvgIpc) is 3.84. The van der Waals surface area contributed by atoms with E-state index in [0.717, 1.165) is 50.1 Å². The Hall–Kier alpha value is -6.26. The van der Waals surface area contributed by atoms with Gasteiger partial charge in [0.2, 0.25) is 5.69 Å². The van der Waals surface area contributed by atoms with Crippen LogP contribution in [-0.2, 0) is 16.7 Å². The van der Waals surface area contributed by atoms with Crippen LogP contribution in [0.1, 0.15) is 141 Å². The van der Waals surface area contributed by atoms with E-state index < -0.39 is 29.1 Å². The topological polar surface area (TPSA) is 21.9 Å². The predicted molar refractivity (Wildman–Crippen MR) is 268 cm³/mol. The summed E-state index contributed by atoms with van der Waals surface area (Å²) in [6.45, 7) is 26.6. The maximum Gasteiger partial charge on any atom is 0.499 e. The molecule has 1 spiro atoms. The Labute approximate surface area is 398 Å². The van der Waals surface area contributed by atoms with Crippen LogP contribution in [0.4, 0.5) is 0 Å². The van der Waals surface area contributed by atoms with Gasteiger partial charge in [-0.3, -0.25) is 0 Å². The Bertz CT molecular complexity index is 3780. The largest absolute Gasteiger partial charge is 0.499 e. The first-order valence-corrected chi connectivity index (χ1v) is 22.9. The molecule has 1 atom stereocenters. The molecule has 0 amide bonds. The smallest absolute Gasteiger partial charge is 0.392 e. The molecular formula is C61H63N3O+2. The summed E-state index contributed by atoms with van der Waals surface area (Å²) in [6, 6.07) is 29.5. The van der Waals surface area contributed by atoms with Gasteiger partial charge in [-0.1, -0.05) is 161 Å². The molecule has 1 unspecified atom stereocenters. The molecule has 0 saturated heterocycles. The molecule has 2 aromatic heterocycles. The van der Waals surface area contributed by atoms with Crippen LogP contribution in [0.5, 0.6) is 5.75 Å². The van der Waals surface area contributed by atoms with Crippen LogP contribution < -0.4 is 13.9 Å². The third-order valence-electron chi connectivity index (χ3n) is 14.8. The van der Waals surface area contributed by atoms with Crippen molar-refractivity contribution in [1.82, 2.24) is 4.57 Å². The minimum absolute atomic E-state index is 0.104. The third kappa shape index (κ3) is 5.81. The van der Waals surface area contributed by atoms with Crippen molar-refractivity contribution in [3.8, 4) is 67.5 Å². The molecule has 0 fully saturated rings. The van der Waals surface area contributed by atoms with Crippen molar-refractivity contribution in [3.63, 3.8) is 0 Å². The van der Waals surface area contributed by atoms with Gasteiger partial charge in [-0.05, 0) is 116 Å². The number of ether oxygens (including phenoxy) is 1. The number of nitrogens with zero attached hydrogens (tertiary/aromatic N) is 3. The van der Waals surface area contributed by atoms with E-state index in [2.05, 4.69) is 119 Å². The maximum absolute atomic E-state index is 10.4. The first-order valence-electron chi connectivity index (χ1n) is 27.4. The highest BCUT2D eigenvalue weighted by atomic mass is 16.5. The molecule has 0 aliphatic carbocycles. The van der Waals surface area contributed by atoms with Crippen molar-refractivity contribution in [1.29, 1.82) is 0 Å². The Morgan fingerprint density at radius 2 is 1.37 bits per heavy atom. The minimum atomic E-state index is -1.85. The molecule has 3 aliphatic heterocycles. The van der Waals surface area contributed by atoms with Gasteiger partial charge in [0.25, 0.3) is 0 Å². The van der Waals surface area contributed by atoms with Crippen LogP contribution in [0, 0.1) is 12.3 Å². The van der Waals surface area contributed by atoms with Crippen molar-refractivity contribution >= 4 is 11.0 Å². The van der Waals surface area contributed by atoms with E-state index in [1.807, 2.05) is 50.2 Å². The van der Waals surface area contributed by atoms with Crippen LogP contribution in [0.15, 0.2) is 133 Å². The van der Waals surface area contributed by atoms with E-state index in [9.17, 15) is 9.60 Å². The number of pyridine rings is 1. The summed E-state index contributed by atoms with van der Waals surface area (Å²) in [5.74, 6) is -3.22. The summed E-state index contributed by atoms with van der Waals surface area (Å²) in [7, 11) is 0. The molecule has 65 heavy (non-hydrogen) atoms. The number of fused-ring (bicyclic) bond motifs is 5. The fourth-order valence-corrected chi connectivity index (χ4v) is 10.1. The first-order chi connectivity index (χ1) is 34.3. The van der Waals surface area contributed by atoms with Crippen LogP contribution >= 0.6 is 0 Å². The van der Waals surface area contributed by atoms with Gasteiger partial charge < -0.3 is 4.74 Å². The summed E-state index contributed by atoms with van der Waals surface area (Å²) >= 11 is 0. The predicted octanol–water partition coefficient (Wildman–Crippen LogP) is 14.9. The van der Waals surface area contributed by atoms with Gasteiger partial charge in [0, 0.05) is 31.5 Å². The summed E-state index contributed by atoms with van der Waals surface area (Å²) in [5, 5.41) is 0. The average molecular weight is 863 g/mol. The zero-order valence-electron chi connectivity index (χ0n) is 48.9. The SMILES string of the molecule is [2H]c1c([2H])c(-c2c([2H])c([2H])[n+]3c(c2[2H])-c2cc(C(C)(C)C)cc4c2C32Oc3c(cc(C([2H])(C)C)cc3C([2H])(C)C)-c3n(-c5ccc(C(C)(C)C(C)(C)C)cc5-c5ccccc5)c5cccc-4c5[n+]32)c([2H])c([2H])c1C. The molecule has 11 rings (SSSR count). The molecule has 3 aliphatic rings. The highest BCUT2D eigenvalue weighted by molar-refractivity contribution is 5.98. The van der Waals surface area contributed by atoms with E-state index in [1.165, 1.54) is 6.92 Å². The second-order valence-electron chi connectivity index (χ2n) is 21.4. The summed E-state index contributed by atoms with van der Waals surface area (Å²) in [5.41, 5.74) is 10.5. The number of hydrogen-bond donors (Lipinski definition) is 0. The van der Waals surface area contributed by atoms with Gasteiger partial charge >= 0.3 is 11.7 Å². The summed E-state index contributed by atoms with van der Waals surface area (Å²) < 4.78 is 100. The quantitative estimate of drug-likeness (QED) is 0.153. The molecule has 0 bridgehead atoms. The Kier molecular flexibility index (Phi) is 6.92. The highest BCUT2D eigenvalue weighted by Gasteiger charge is 2.69. The highest BCUT2D eigenvalue weighted by Crippen LogP contribution is 2.56. The monoisotopic (exact) mass is 863 g/mol. The number of hydrogen-bond acceptors (Lipinski definition) is 1. The lowest BCUT2D eigenvalue weighted by molar-refractivity contribution is -0.997. The van der Waals surface area contributed by atoms with Crippen molar-refractivity contribution in [2.24, 2.45) is 5.41 Å². The van der Waals surface area contributed by atoms with Gasteiger partial charge in [-0.2, -0.15) is 4.57 Å². The fraction of sp³-hybridized carbons (Fsp3) is 0.311. The van der Waals surface area contributed by atoms with E-state index >= 15 is 0 Å². The second kappa shape index (κ2) is 13.9. The fourth-order valence-electron chi connectivity index (χ4n) is 10.1. The zero-order valence-corrected chi connectivity index (χ0v) is 39.9.